The first-order chi connectivity index (χ1) is 9.29. The number of hydrogen-bond acceptors (Lipinski definition) is 4. The Morgan fingerprint density at radius 3 is 2.65 bits per heavy atom. The molecule has 20 heavy (non-hydrogen) atoms. The van der Waals surface area contributed by atoms with Gasteiger partial charge in [-0.1, -0.05) is 0 Å². The second-order valence-electron chi connectivity index (χ2n) is 4.24. The molecule has 0 aliphatic carbocycles. The van der Waals surface area contributed by atoms with E-state index in [2.05, 4.69) is 10.4 Å². The van der Waals surface area contributed by atoms with Crippen LogP contribution in [-0.4, -0.2) is 46.2 Å². The summed E-state index contributed by atoms with van der Waals surface area (Å²) in [6.07, 6.45) is 1.23. The Morgan fingerprint density at radius 2 is 2.25 bits per heavy atom. The molecule has 1 aliphatic heterocycles. The third kappa shape index (κ3) is 5.91. The number of piperidine rings is 1. The van der Waals surface area contributed by atoms with Crippen molar-refractivity contribution in [1.82, 2.24) is 15.1 Å². The highest BCUT2D eigenvalue weighted by atomic mass is 19.4. The second kappa shape index (κ2) is 7.13. The number of carboxylic acid groups (broad SMARTS) is 1. The van der Waals surface area contributed by atoms with E-state index in [9.17, 15) is 13.2 Å². The van der Waals surface area contributed by atoms with Crippen LogP contribution in [0.25, 0.3) is 0 Å². The van der Waals surface area contributed by atoms with Crippen molar-refractivity contribution >= 4 is 5.97 Å². The molecule has 1 aliphatic rings. The van der Waals surface area contributed by atoms with Gasteiger partial charge in [-0.2, -0.15) is 18.3 Å². The van der Waals surface area contributed by atoms with Gasteiger partial charge in [0.1, 0.15) is 6.10 Å². The molecule has 9 heteroatoms. The van der Waals surface area contributed by atoms with E-state index in [1.165, 1.54) is 6.42 Å². The van der Waals surface area contributed by atoms with E-state index in [4.69, 9.17) is 14.6 Å². The SMILES string of the molecule is Cn1cc(O[C@H]2CCCNC2)cn1.O=C(O)C(F)(F)F. The zero-order valence-corrected chi connectivity index (χ0v) is 10.9. The Balaban J connectivity index is 0.000000246. The summed E-state index contributed by atoms with van der Waals surface area (Å²) in [6, 6.07) is 0. The molecule has 6 nitrogen and oxygen atoms in total. The summed E-state index contributed by atoms with van der Waals surface area (Å²) in [5, 5.41) is 14.5. The minimum atomic E-state index is -5.08. The highest BCUT2D eigenvalue weighted by molar-refractivity contribution is 5.73. The molecule has 0 aromatic carbocycles. The average molecular weight is 295 g/mol. The molecule has 2 N–H and O–H groups in total. The number of halogens is 3. The van der Waals surface area contributed by atoms with E-state index in [-0.39, 0.29) is 0 Å². The lowest BCUT2D eigenvalue weighted by Crippen LogP contribution is -2.37. The summed E-state index contributed by atoms with van der Waals surface area (Å²) >= 11 is 0. The maximum absolute atomic E-state index is 10.6. The molecule has 1 aromatic heterocycles. The fourth-order valence-corrected chi connectivity index (χ4v) is 1.57. The molecule has 114 valence electrons. The van der Waals surface area contributed by atoms with E-state index in [1.807, 2.05) is 13.2 Å². The molecule has 1 aromatic rings. The number of aryl methyl sites for hydroxylation is 1. The molecule has 2 heterocycles. The van der Waals surface area contributed by atoms with Crippen LogP contribution in [0.4, 0.5) is 13.2 Å². The third-order valence-electron chi connectivity index (χ3n) is 2.48. The summed E-state index contributed by atoms with van der Waals surface area (Å²) in [6.45, 7) is 2.07. The first kappa shape index (κ1) is 16.3. The summed E-state index contributed by atoms with van der Waals surface area (Å²) in [5.41, 5.74) is 0. The molecule has 1 saturated heterocycles. The van der Waals surface area contributed by atoms with Crippen LogP contribution in [0, 0.1) is 0 Å². The number of carbonyl (C=O) groups is 1. The number of carboxylic acids is 1. The number of aromatic nitrogens is 2. The minimum absolute atomic E-state index is 0.318. The predicted molar refractivity (Wildman–Crippen MR) is 63.4 cm³/mol. The zero-order valence-electron chi connectivity index (χ0n) is 10.9. The van der Waals surface area contributed by atoms with Gasteiger partial charge in [0.05, 0.1) is 12.4 Å². The van der Waals surface area contributed by atoms with Crippen LogP contribution in [0.5, 0.6) is 5.75 Å². The highest BCUT2D eigenvalue weighted by Crippen LogP contribution is 2.14. The van der Waals surface area contributed by atoms with Crippen molar-refractivity contribution in [2.45, 2.75) is 25.1 Å². The Hall–Kier alpha value is -1.77. The fourth-order valence-electron chi connectivity index (χ4n) is 1.57. The van der Waals surface area contributed by atoms with Gasteiger partial charge in [0.25, 0.3) is 0 Å². The molecule has 0 amide bonds. The van der Waals surface area contributed by atoms with Gasteiger partial charge in [0.15, 0.2) is 5.75 Å². The van der Waals surface area contributed by atoms with Crippen LogP contribution in [0.2, 0.25) is 0 Å². The first-order valence-corrected chi connectivity index (χ1v) is 5.95. The Morgan fingerprint density at radius 1 is 1.60 bits per heavy atom. The van der Waals surface area contributed by atoms with E-state index in [0.29, 0.717) is 6.10 Å². The molecule has 0 spiro atoms. The van der Waals surface area contributed by atoms with E-state index in [1.54, 1.807) is 10.9 Å². The van der Waals surface area contributed by atoms with Crippen molar-refractivity contribution in [3.8, 4) is 5.75 Å². The van der Waals surface area contributed by atoms with Gasteiger partial charge in [-0.3, -0.25) is 4.68 Å². The summed E-state index contributed by atoms with van der Waals surface area (Å²) < 4.78 is 39.2. The Bertz CT molecular complexity index is 428. The van der Waals surface area contributed by atoms with Crippen LogP contribution in [0.1, 0.15) is 12.8 Å². The van der Waals surface area contributed by atoms with Crippen LogP contribution >= 0.6 is 0 Å². The molecule has 0 bridgehead atoms. The van der Waals surface area contributed by atoms with Gasteiger partial charge in [-0.25, -0.2) is 4.79 Å². The zero-order chi connectivity index (χ0) is 15.2. The van der Waals surface area contributed by atoms with Gasteiger partial charge in [-0.05, 0) is 19.4 Å². The monoisotopic (exact) mass is 295 g/mol. The standard InChI is InChI=1S/C9H15N3O.C2HF3O2/c1-12-7-9(6-11-12)13-8-3-2-4-10-5-8;3-2(4,5)1(6)7/h6-8,10H,2-5H2,1H3;(H,6,7)/t8-;/m0./s1. The van der Waals surface area contributed by atoms with Gasteiger partial charge in [-0.15, -0.1) is 0 Å². The van der Waals surface area contributed by atoms with Crippen LogP contribution in [-0.2, 0) is 11.8 Å². The number of hydrogen-bond donors (Lipinski definition) is 2. The highest BCUT2D eigenvalue weighted by Gasteiger charge is 2.38. The van der Waals surface area contributed by atoms with E-state index in [0.717, 1.165) is 25.3 Å². The largest absolute Gasteiger partial charge is 0.490 e. The predicted octanol–water partition coefficient (Wildman–Crippen LogP) is 1.18. The quantitative estimate of drug-likeness (QED) is 0.857. The number of ether oxygens (including phenoxy) is 1. The van der Waals surface area contributed by atoms with Crippen molar-refractivity contribution in [2.24, 2.45) is 7.05 Å². The molecule has 0 saturated carbocycles. The lowest BCUT2D eigenvalue weighted by Gasteiger charge is -2.22. The molecule has 2 rings (SSSR count). The Labute approximate surface area is 113 Å². The maximum Gasteiger partial charge on any atom is 0.490 e. The summed E-state index contributed by atoms with van der Waals surface area (Å²) in [4.78, 5) is 8.90. The number of alkyl halides is 3. The molecule has 0 unspecified atom stereocenters. The van der Waals surface area contributed by atoms with Gasteiger partial charge >= 0.3 is 12.1 Å². The molecular formula is C11H16F3N3O3. The van der Waals surface area contributed by atoms with Crippen LogP contribution in [0.15, 0.2) is 12.4 Å². The number of nitrogens with zero attached hydrogens (tertiary/aromatic N) is 2. The second-order valence-corrected chi connectivity index (χ2v) is 4.24. The van der Waals surface area contributed by atoms with Crippen LogP contribution < -0.4 is 10.1 Å². The number of aliphatic carboxylic acids is 1. The third-order valence-corrected chi connectivity index (χ3v) is 2.48. The molecule has 0 radical (unpaired) electrons. The van der Waals surface area contributed by atoms with Gasteiger partial charge in [0, 0.05) is 13.6 Å². The van der Waals surface area contributed by atoms with Crippen molar-refractivity contribution in [1.29, 1.82) is 0 Å². The summed E-state index contributed by atoms with van der Waals surface area (Å²) in [7, 11) is 1.89. The van der Waals surface area contributed by atoms with Crippen molar-refractivity contribution in [2.75, 3.05) is 13.1 Å². The van der Waals surface area contributed by atoms with Crippen molar-refractivity contribution in [3.63, 3.8) is 0 Å². The van der Waals surface area contributed by atoms with Crippen LogP contribution in [0.3, 0.4) is 0 Å². The average Bonchev–Trinajstić information content (AvgIpc) is 2.75. The topological polar surface area (TPSA) is 76.4 Å². The number of rotatable bonds is 2. The number of nitrogens with one attached hydrogen (secondary N) is 1. The minimum Gasteiger partial charge on any atom is -0.486 e. The maximum atomic E-state index is 10.6. The molecular weight excluding hydrogens is 279 g/mol. The first-order valence-electron chi connectivity index (χ1n) is 5.95. The van der Waals surface area contributed by atoms with E-state index < -0.39 is 12.1 Å². The van der Waals surface area contributed by atoms with Crippen molar-refractivity contribution in [3.05, 3.63) is 12.4 Å². The molecule has 1 fully saturated rings. The van der Waals surface area contributed by atoms with Gasteiger partial charge < -0.3 is 15.2 Å². The molecule has 1 atom stereocenters. The van der Waals surface area contributed by atoms with Crippen molar-refractivity contribution < 1.29 is 27.8 Å². The lowest BCUT2D eigenvalue weighted by molar-refractivity contribution is -0.192. The fraction of sp³-hybridized carbons (Fsp3) is 0.636. The normalized spacial score (nSPS) is 18.9. The lowest BCUT2D eigenvalue weighted by atomic mass is 10.1. The Kier molecular flexibility index (Phi) is 5.81. The smallest absolute Gasteiger partial charge is 0.486 e. The van der Waals surface area contributed by atoms with E-state index >= 15 is 0 Å². The summed E-state index contributed by atoms with van der Waals surface area (Å²) in [5.74, 6) is -1.89. The van der Waals surface area contributed by atoms with Gasteiger partial charge in [0.2, 0.25) is 0 Å².